The van der Waals surface area contributed by atoms with E-state index in [2.05, 4.69) is 10.6 Å². The minimum atomic E-state index is -0.696. The third-order valence-electron chi connectivity index (χ3n) is 7.16. The predicted molar refractivity (Wildman–Crippen MR) is 128 cm³/mol. The van der Waals surface area contributed by atoms with Crippen molar-refractivity contribution in [3.63, 3.8) is 0 Å². The summed E-state index contributed by atoms with van der Waals surface area (Å²) in [4.78, 5) is 55.2. The Morgan fingerprint density at radius 2 is 1.89 bits per heavy atom. The van der Waals surface area contributed by atoms with Gasteiger partial charge in [0.15, 0.2) is 0 Å². The number of benzene rings is 1. The van der Waals surface area contributed by atoms with Crippen LogP contribution in [-0.4, -0.2) is 71.7 Å². The smallest absolute Gasteiger partial charge is 0.257 e. The van der Waals surface area contributed by atoms with Gasteiger partial charge in [-0.3, -0.25) is 19.2 Å². The molecule has 190 valence electrons. The molecule has 1 aromatic carbocycles. The minimum absolute atomic E-state index is 0.00159. The second kappa shape index (κ2) is 10.7. The van der Waals surface area contributed by atoms with Gasteiger partial charge in [-0.15, -0.1) is 0 Å². The van der Waals surface area contributed by atoms with Crippen LogP contribution in [0.3, 0.4) is 0 Å². The SMILES string of the molecule is CC(C)[C@@H]1CN(C(=O)C2CC2)CC(=O)NCCCc2ccc(F)c(c2)C(=O)N2CCC[C@H]2C(=O)N1. The van der Waals surface area contributed by atoms with Crippen LogP contribution in [0, 0.1) is 17.7 Å². The average molecular weight is 487 g/mol. The fourth-order valence-electron chi connectivity index (χ4n) is 4.84. The van der Waals surface area contributed by atoms with Crippen molar-refractivity contribution in [2.45, 2.75) is 64.5 Å². The lowest BCUT2D eigenvalue weighted by Gasteiger charge is -2.32. The van der Waals surface area contributed by atoms with Gasteiger partial charge in [-0.2, -0.15) is 0 Å². The normalized spacial score (nSPS) is 24.6. The average Bonchev–Trinajstić information content (AvgIpc) is 3.56. The Labute approximate surface area is 205 Å². The van der Waals surface area contributed by atoms with E-state index in [-0.39, 0.29) is 54.3 Å². The fraction of sp³-hybridized carbons (Fsp3) is 0.615. The van der Waals surface area contributed by atoms with E-state index in [1.165, 1.54) is 11.0 Å². The second-order valence-corrected chi connectivity index (χ2v) is 10.3. The molecule has 2 bridgehead atoms. The van der Waals surface area contributed by atoms with E-state index >= 15 is 0 Å². The lowest BCUT2D eigenvalue weighted by atomic mass is 10.0. The number of hydrogen-bond donors (Lipinski definition) is 2. The Morgan fingerprint density at radius 1 is 1.11 bits per heavy atom. The number of hydrogen-bond acceptors (Lipinski definition) is 4. The number of nitrogens with one attached hydrogen (secondary N) is 2. The monoisotopic (exact) mass is 486 g/mol. The number of aryl methyl sites for hydroxylation is 1. The molecule has 0 radical (unpaired) electrons. The van der Waals surface area contributed by atoms with Gasteiger partial charge in [0.1, 0.15) is 11.9 Å². The van der Waals surface area contributed by atoms with Crippen molar-refractivity contribution < 1.29 is 23.6 Å². The number of rotatable bonds is 2. The standard InChI is InChI=1S/C26H35FN4O4/c1-16(2)21-14-30(25(34)18-8-9-18)15-23(32)28-11-3-5-17-7-10-20(27)19(13-17)26(35)31-12-4-6-22(31)24(33)29-21/h7,10,13,16,18,21-22H,3-6,8-9,11-12,14-15H2,1-2H3,(H,28,32)(H,29,33)/t21-,22-/m0/s1. The Hall–Kier alpha value is -2.97. The van der Waals surface area contributed by atoms with Crippen molar-refractivity contribution in [1.82, 2.24) is 20.4 Å². The number of fused-ring (bicyclic) bond motifs is 3. The van der Waals surface area contributed by atoms with Gasteiger partial charge in [-0.05, 0) is 62.1 Å². The molecule has 35 heavy (non-hydrogen) atoms. The van der Waals surface area contributed by atoms with E-state index < -0.39 is 17.8 Å². The molecular formula is C26H35FN4O4. The first-order chi connectivity index (χ1) is 16.7. The highest BCUT2D eigenvalue weighted by Gasteiger charge is 2.38. The molecule has 1 aliphatic carbocycles. The van der Waals surface area contributed by atoms with Crippen LogP contribution < -0.4 is 10.6 Å². The summed E-state index contributed by atoms with van der Waals surface area (Å²) in [5, 5.41) is 5.90. The summed E-state index contributed by atoms with van der Waals surface area (Å²) in [6, 6.07) is 3.40. The van der Waals surface area contributed by atoms with Crippen LogP contribution in [0.1, 0.15) is 61.9 Å². The maximum absolute atomic E-state index is 14.6. The lowest BCUT2D eigenvalue weighted by molar-refractivity contribution is -0.138. The van der Waals surface area contributed by atoms with Crippen molar-refractivity contribution in [3.05, 3.63) is 35.1 Å². The van der Waals surface area contributed by atoms with Gasteiger partial charge in [-0.1, -0.05) is 19.9 Å². The molecule has 1 saturated carbocycles. The van der Waals surface area contributed by atoms with Crippen LogP contribution in [0.15, 0.2) is 18.2 Å². The van der Waals surface area contributed by atoms with Crippen molar-refractivity contribution in [3.8, 4) is 0 Å². The van der Waals surface area contributed by atoms with E-state index in [1.54, 1.807) is 17.0 Å². The minimum Gasteiger partial charge on any atom is -0.355 e. The van der Waals surface area contributed by atoms with Crippen LogP contribution in [-0.2, 0) is 20.8 Å². The van der Waals surface area contributed by atoms with E-state index in [0.717, 1.165) is 18.4 Å². The van der Waals surface area contributed by atoms with E-state index in [1.807, 2.05) is 13.8 Å². The topological polar surface area (TPSA) is 98.8 Å². The van der Waals surface area contributed by atoms with Gasteiger partial charge in [0.05, 0.1) is 12.1 Å². The first-order valence-corrected chi connectivity index (χ1v) is 12.7. The summed E-state index contributed by atoms with van der Waals surface area (Å²) < 4.78 is 14.6. The number of carbonyl (C=O) groups is 4. The molecule has 2 N–H and O–H groups in total. The molecule has 1 aromatic rings. The van der Waals surface area contributed by atoms with E-state index in [0.29, 0.717) is 38.8 Å². The zero-order valence-corrected chi connectivity index (χ0v) is 20.5. The van der Waals surface area contributed by atoms with Crippen molar-refractivity contribution >= 4 is 23.6 Å². The quantitative estimate of drug-likeness (QED) is 0.667. The number of nitrogens with zero attached hydrogens (tertiary/aromatic N) is 2. The summed E-state index contributed by atoms with van der Waals surface area (Å²) in [7, 11) is 0. The van der Waals surface area contributed by atoms with E-state index in [9.17, 15) is 23.6 Å². The van der Waals surface area contributed by atoms with Crippen molar-refractivity contribution in [2.75, 3.05) is 26.2 Å². The van der Waals surface area contributed by atoms with E-state index in [4.69, 9.17) is 0 Å². The van der Waals surface area contributed by atoms with Gasteiger partial charge in [0.25, 0.3) is 5.91 Å². The highest BCUT2D eigenvalue weighted by molar-refractivity contribution is 5.98. The summed E-state index contributed by atoms with van der Waals surface area (Å²) in [6.07, 6.45) is 3.97. The molecule has 4 amide bonds. The van der Waals surface area contributed by atoms with Gasteiger partial charge >= 0.3 is 0 Å². The van der Waals surface area contributed by atoms with Crippen LogP contribution in [0.25, 0.3) is 0 Å². The Morgan fingerprint density at radius 3 is 2.60 bits per heavy atom. The Bertz CT molecular complexity index is 994. The molecule has 0 aromatic heterocycles. The Kier molecular flexibility index (Phi) is 7.72. The van der Waals surface area contributed by atoms with Crippen LogP contribution in [0.4, 0.5) is 4.39 Å². The molecule has 4 rings (SSSR count). The van der Waals surface area contributed by atoms with Crippen LogP contribution in [0.2, 0.25) is 0 Å². The number of carbonyl (C=O) groups excluding carboxylic acids is 4. The molecule has 2 fully saturated rings. The zero-order valence-electron chi connectivity index (χ0n) is 20.5. The zero-order chi connectivity index (χ0) is 25.1. The summed E-state index contributed by atoms with van der Waals surface area (Å²) in [5.41, 5.74) is 0.760. The molecule has 3 aliphatic rings. The maximum atomic E-state index is 14.6. The van der Waals surface area contributed by atoms with Crippen LogP contribution in [0.5, 0.6) is 0 Å². The molecule has 1 saturated heterocycles. The van der Waals surface area contributed by atoms with Gasteiger partial charge in [-0.25, -0.2) is 4.39 Å². The predicted octanol–water partition coefficient (Wildman–Crippen LogP) is 1.87. The van der Waals surface area contributed by atoms with Crippen LogP contribution >= 0.6 is 0 Å². The van der Waals surface area contributed by atoms with Crippen molar-refractivity contribution in [1.29, 1.82) is 0 Å². The molecular weight excluding hydrogens is 451 g/mol. The molecule has 9 heteroatoms. The molecule has 0 unspecified atom stereocenters. The number of amides is 4. The summed E-state index contributed by atoms with van der Waals surface area (Å²) in [5.74, 6) is -1.74. The molecule has 2 aliphatic heterocycles. The molecule has 2 heterocycles. The largest absolute Gasteiger partial charge is 0.355 e. The van der Waals surface area contributed by atoms with Gasteiger partial charge in [0.2, 0.25) is 17.7 Å². The summed E-state index contributed by atoms with van der Waals surface area (Å²) >= 11 is 0. The Balaban J connectivity index is 1.62. The summed E-state index contributed by atoms with van der Waals surface area (Å²) in [6.45, 7) is 4.87. The first-order valence-electron chi connectivity index (χ1n) is 12.7. The van der Waals surface area contributed by atoms with Crippen molar-refractivity contribution in [2.24, 2.45) is 11.8 Å². The molecule has 8 nitrogen and oxygen atoms in total. The molecule has 2 atom stereocenters. The maximum Gasteiger partial charge on any atom is 0.257 e. The molecule has 0 spiro atoms. The third kappa shape index (κ3) is 6.00. The highest BCUT2D eigenvalue weighted by Crippen LogP contribution is 2.31. The fourth-order valence-corrected chi connectivity index (χ4v) is 4.84. The van der Waals surface area contributed by atoms with Gasteiger partial charge < -0.3 is 20.4 Å². The first kappa shape index (κ1) is 25.1. The third-order valence-corrected chi connectivity index (χ3v) is 7.16. The number of halogens is 1. The lowest BCUT2D eigenvalue weighted by Crippen LogP contribution is -2.55. The van der Waals surface area contributed by atoms with Gasteiger partial charge in [0, 0.05) is 31.6 Å². The second-order valence-electron chi connectivity index (χ2n) is 10.3. The highest BCUT2D eigenvalue weighted by atomic mass is 19.1.